The molecule has 0 fully saturated rings. The van der Waals surface area contributed by atoms with Crippen LogP contribution in [0.25, 0.3) is 0 Å². The largest absolute Gasteiger partial charge is 0.493 e. The van der Waals surface area contributed by atoms with Gasteiger partial charge in [0.15, 0.2) is 11.5 Å². The molecule has 0 aliphatic rings. The number of benzene rings is 1. The highest BCUT2D eigenvalue weighted by Crippen LogP contribution is 2.40. The summed E-state index contributed by atoms with van der Waals surface area (Å²) in [6, 6.07) is 3.27. The molecule has 1 aromatic rings. The fourth-order valence-electron chi connectivity index (χ4n) is 1.86. The van der Waals surface area contributed by atoms with E-state index in [1.54, 1.807) is 19.1 Å². The lowest BCUT2D eigenvalue weighted by Crippen LogP contribution is -2.48. The number of amides is 1. The zero-order chi connectivity index (χ0) is 14.6. The van der Waals surface area contributed by atoms with E-state index < -0.39 is 11.4 Å². The predicted octanol–water partition coefficient (Wildman–Crippen LogP) is 0.762. The number of primary amides is 1. The van der Waals surface area contributed by atoms with Crippen LogP contribution >= 0.6 is 0 Å². The van der Waals surface area contributed by atoms with Gasteiger partial charge in [0, 0.05) is 0 Å². The molecular weight excluding hydrogens is 248 g/mol. The van der Waals surface area contributed by atoms with Gasteiger partial charge in [-0.05, 0) is 24.1 Å². The molecule has 0 saturated heterocycles. The highest BCUT2D eigenvalue weighted by Gasteiger charge is 2.34. The summed E-state index contributed by atoms with van der Waals surface area (Å²) in [6.45, 7) is 1.79. The van der Waals surface area contributed by atoms with Crippen LogP contribution in [0.4, 0.5) is 0 Å². The summed E-state index contributed by atoms with van der Waals surface area (Å²) in [5, 5.41) is 0. The first-order chi connectivity index (χ1) is 8.94. The molecule has 0 aliphatic heterocycles. The Balaban J connectivity index is 3.50. The van der Waals surface area contributed by atoms with Crippen molar-refractivity contribution >= 4 is 5.91 Å². The first-order valence-electron chi connectivity index (χ1n) is 5.83. The fourth-order valence-corrected chi connectivity index (χ4v) is 1.86. The van der Waals surface area contributed by atoms with Gasteiger partial charge in [0.1, 0.15) is 5.54 Å². The van der Waals surface area contributed by atoms with Crippen LogP contribution in [0, 0.1) is 0 Å². The molecule has 0 aromatic heterocycles. The average Bonchev–Trinajstić information content (AvgIpc) is 2.44. The minimum atomic E-state index is -1.27. The highest BCUT2D eigenvalue weighted by atomic mass is 16.5. The van der Waals surface area contributed by atoms with Crippen molar-refractivity contribution in [3.8, 4) is 17.2 Å². The quantitative estimate of drug-likeness (QED) is 0.794. The molecule has 0 spiro atoms. The van der Waals surface area contributed by atoms with E-state index >= 15 is 0 Å². The Labute approximate surface area is 112 Å². The molecule has 1 rings (SSSR count). The Morgan fingerprint density at radius 2 is 1.63 bits per heavy atom. The molecule has 1 unspecified atom stereocenters. The van der Waals surface area contributed by atoms with Crippen molar-refractivity contribution in [3.05, 3.63) is 17.7 Å². The van der Waals surface area contributed by atoms with Gasteiger partial charge in [-0.25, -0.2) is 0 Å². The molecule has 1 amide bonds. The molecule has 19 heavy (non-hydrogen) atoms. The van der Waals surface area contributed by atoms with Crippen molar-refractivity contribution in [2.75, 3.05) is 21.3 Å². The van der Waals surface area contributed by atoms with Crippen LogP contribution in [0.1, 0.15) is 18.9 Å². The molecule has 1 aromatic carbocycles. The van der Waals surface area contributed by atoms with Crippen LogP contribution in [0.15, 0.2) is 12.1 Å². The molecular formula is C13H20N2O4. The second kappa shape index (κ2) is 5.79. The molecule has 6 heteroatoms. The van der Waals surface area contributed by atoms with Crippen LogP contribution in [0.5, 0.6) is 17.2 Å². The number of carbonyl (C=O) groups is 1. The predicted molar refractivity (Wildman–Crippen MR) is 71.4 cm³/mol. The van der Waals surface area contributed by atoms with E-state index in [1.807, 2.05) is 0 Å². The van der Waals surface area contributed by atoms with Crippen LogP contribution in [-0.4, -0.2) is 27.2 Å². The van der Waals surface area contributed by atoms with Crippen molar-refractivity contribution in [1.82, 2.24) is 0 Å². The highest BCUT2D eigenvalue weighted by molar-refractivity contribution is 5.86. The summed E-state index contributed by atoms with van der Waals surface area (Å²) < 4.78 is 15.7. The minimum absolute atomic E-state index is 0.362. The Hall–Kier alpha value is -1.95. The zero-order valence-electron chi connectivity index (χ0n) is 11.6. The van der Waals surface area contributed by atoms with Crippen LogP contribution in [0.3, 0.4) is 0 Å². The lowest BCUT2D eigenvalue weighted by atomic mass is 9.87. The smallest absolute Gasteiger partial charge is 0.242 e. The van der Waals surface area contributed by atoms with Gasteiger partial charge in [-0.3, -0.25) is 4.79 Å². The molecule has 4 N–H and O–H groups in total. The van der Waals surface area contributed by atoms with Crippen molar-refractivity contribution in [2.24, 2.45) is 11.5 Å². The van der Waals surface area contributed by atoms with Crippen molar-refractivity contribution in [1.29, 1.82) is 0 Å². The van der Waals surface area contributed by atoms with E-state index in [4.69, 9.17) is 25.7 Å². The minimum Gasteiger partial charge on any atom is -0.493 e. The van der Waals surface area contributed by atoms with Crippen molar-refractivity contribution in [3.63, 3.8) is 0 Å². The number of nitrogens with two attached hydrogens (primary N) is 2. The van der Waals surface area contributed by atoms with E-state index in [0.29, 0.717) is 29.2 Å². The van der Waals surface area contributed by atoms with Gasteiger partial charge < -0.3 is 25.7 Å². The number of ether oxygens (including phenoxy) is 3. The summed E-state index contributed by atoms with van der Waals surface area (Å²) in [4.78, 5) is 11.6. The van der Waals surface area contributed by atoms with E-state index in [1.165, 1.54) is 21.3 Å². The standard InChI is InChI=1S/C13H20N2O4/c1-5-13(15,12(14)16)8-6-9(17-2)11(19-4)10(7-8)18-3/h6-7H,5,15H2,1-4H3,(H2,14,16). The van der Waals surface area contributed by atoms with Gasteiger partial charge >= 0.3 is 0 Å². The van der Waals surface area contributed by atoms with Gasteiger partial charge in [-0.15, -0.1) is 0 Å². The van der Waals surface area contributed by atoms with Gasteiger partial charge in [0.2, 0.25) is 11.7 Å². The maximum atomic E-state index is 11.6. The summed E-state index contributed by atoms with van der Waals surface area (Å²) in [5.74, 6) is 0.698. The second-order valence-electron chi connectivity index (χ2n) is 4.10. The van der Waals surface area contributed by atoms with Crippen molar-refractivity contribution < 1.29 is 19.0 Å². The molecule has 0 heterocycles. The first kappa shape index (κ1) is 15.1. The van der Waals surface area contributed by atoms with Crippen molar-refractivity contribution in [2.45, 2.75) is 18.9 Å². The summed E-state index contributed by atoms with van der Waals surface area (Å²) in [5.41, 5.74) is 10.7. The van der Waals surface area contributed by atoms with Gasteiger partial charge in [0.25, 0.3) is 0 Å². The van der Waals surface area contributed by atoms with Gasteiger partial charge in [-0.2, -0.15) is 0 Å². The lowest BCUT2D eigenvalue weighted by Gasteiger charge is -2.26. The summed E-state index contributed by atoms with van der Waals surface area (Å²) >= 11 is 0. The average molecular weight is 268 g/mol. The molecule has 0 aliphatic carbocycles. The third-order valence-electron chi connectivity index (χ3n) is 3.18. The van der Waals surface area contributed by atoms with Crippen LogP contribution < -0.4 is 25.7 Å². The maximum Gasteiger partial charge on any atom is 0.242 e. The topological polar surface area (TPSA) is 96.8 Å². The Bertz CT molecular complexity index is 451. The van der Waals surface area contributed by atoms with Gasteiger partial charge in [0.05, 0.1) is 21.3 Å². The van der Waals surface area contributed by atoms with Gasteiger partial charge in [-0.1, -0.05) is 6.92 Å². The van der Waals surface area contributed by atoms with E-state index in [0.717, 1.165) is 0 Å². The zero-order valence-corrected chi connectivity index (χ0v) is 11.6. The number of hydrogen-bond donors (Lipinski definition) is 2. The molecule has 6 nitrogen and oxygen atoms in total. The Morgan fingerprint density at radius 1 is 1.16 bits per heavy atom. The Kier molecular flexibility index (Phi) is 4.61. The summed E-state index contributed by atoms with van der Waals surface area (Å²) in [7, 11) is 4.49. The Morgan fingerprint density at radius 3 is 1.89 bits per heavy atom. The number of rotatable bonds is 6. The first-order valence-corrected chi connectivity index (χ1v) is 5.83. The molecule has 106 valence electrons. The van der Waals surface area contributed by atoms with Crippen LogP contribution in [0.2, 0.25) is 0 Å². The summed E-state index contributed by atoms with van der Waals surface area (Å²) in [6.07, 6.45) is 0.362. The third kappa shape index (κ3) is 2.58. The monoisotopic (exact) mass is 268 g/mol. The lowest BCUT2D eigenvalue weighted by molar-refractivity contribution is -0.123. The number of methoxy groups -OCH3 is 3. The maximum absolute atomic E-state index is 11.6. The molecule has 0 bridgehead atoms. The molecule has 0 radical (unpaired) electrons. The van der Waals surface area contributed by atoms with Crippen LogP contribution in [-0.2, 0) is 10.3 Å². The third-order valence-corrected chi connectivity index (χ3v) is 3.18. The SMILES string of the molecule is CCC(N)(C(N)=O)c1cc(OC)c(OC)c(OC)c1. The number of carbonyl (C=O) groups excluding carboxylic acids is 1. The normalized spacial score (nSPS) is 13.5. The van der Waals surface area contributed by atoms with E-state index in [9.17, 15) is 4.79 Å². The molecule has 1 atom stereocenters. The number of hydrogen-bond acceptors (Lipinski definition) is 5. The van der Waals surface area contributed by atoms with E-state index in [2.05, 4.69) is 0 Å². The molecule has 0 saturated carbocycles. The fraction of sp³-hybridized carbons (Fsp3) is 0.462. The second-order valence-corrected chi connectivity index (χ2v) is 4.10. The van der Waals surface area contributed by atoms with E-state index in [-0.39, 0.29) is 0 Å².